The van der Waals surface area contributed by atoms with Crippen molar-refractivity contribution in [2.24, 2.45) is 0 Å². The van der Waals surface area contributed by atoms with Crippen LogP contribution in [0.3, 0.4) is 0 Å². The van der Waals surface area contributed by atoms with Gasteiger partial charge in [-0.2, -0.15) is 0 Å². The predicted molar refractivity (Wildman–Crippen MR) is 102 cm³/mol. The summed E-state index contributed by atoms with van der Waals surface area (Å²) in [5, 5.41) is 0. The zero-order valence-corrected chi connectivity index (χ0v) is 17.3. The van der Waals surface area contributed by atoms with Crippen molar-refractivity contribution < 1.29 is 28.5 Å². The molecule has 7 heteroatoms. The third-order valence-electron chi connectivity index (χ3n) is 5.04. The highest BCUT2D eigenvalue weighted by molar-refractivity contribution is 5.70. The van der Waals surface area contributed by atoms with Crippen molar-refractivity contribution in [3.05, 3.63) is 35.9 Å². The average Bonchev–Trinajstić information content (AvgIpc) is 3.10. The smallest absolute Gasteiger partial charge is 0.307 e. The lowest BCUT2D eigenvalue weighted by Crippen LogP contribution is -2.49. The number of fused-ring (bicyclic) bond motifs is 1. The van der Waals surface area contributed by atoms with E-state index in [0.717, 1.165) is 5.56 Å². The fraction of sp³-hybridized carbons (Fsp3) is 0.667. The first-order valence-electron chi connectivity index (χ1n) is 9.79. The molecule has 7 nitrogen and oxygen atoms in total. The van der Waals surface area contributed by atoms with Gasteiger partial charge in [-0.05, 0) is 40.4 Å². The minimum absolute atomic E-state index is 0.208. The minimum atomic E-state index is -0.733. The number of likely N-dealkylation sites (N-methyl/N-ethyl adjacent to an activating group) is 1. The van der Waals surface area contributed by atoms with Gasteiger partial charge in [0, 0.05) is 6.04 Å². The Labute approximate surface area is 166 Å². The van der Waals surface area contributed by atoms with Crippen molar-refractivity contribution >= 4 is 5.97 Å². The van der Waals surface area contributed by atoms with Crippen molar-refractivity contribution in [3.63, 3.8) is 0 Å². The molecule has 0 N–H and O–H groups in total. The fourth-order valence-corrected chi connectivity index (χ4v) is 3.75. The first-order chi connectivity index (χ1) is 13.3. The van der Waals surface area contributed by atoms with E-state index in [0.29, 0.717) is 13.2 Å². The molecule has 0 radical (unpaired) electrons. The van der Waals surface area contributed by atoms with Crippen LogP contribution < -0.4 is 0 Å². The molecule has 5 atom stereocenters. The Bertz CT molecular complexity index is 650. The van der Waals surface area contributed by atoms with Crippen molar-refractivity contribution in [1.29, 1.82) is 0 Å². The van der Waals surface area contributed by atoms with Crippen LogP contribution >= 0.6 is 0 Å². The van der Waals surface area contributed by atoms with Gasteiger partial charge in [0.05, 0.1) is 19.6 Å². The zero-order valence-electron chi connectivity index (χ0n) is 17.3. The number of carbonyl (C=O) groups is 1. The van der Waals surface area contributed by atoms with E-state index in [2.05, 4.69) is 0 Å². The summed E-state index contributed by atoms with van der Waals surface area (Å²) in [4.78, 5) is 14.1. The van der Waals surface area contributed by atoms with Crippen LogP contribution in [0.25, 0.3) is 0 Å². The predicted octanol–water partition coefficient (Wildman–Crippen LogP) is 2.33. The second kappa shape index (κ2) is 8.88. The van der Waals surface area contributed by atoms with E-state index in [1.807, 2.05) is 63.2 Å². The van der Waals surface area contributed by atoms with Crippen LogP contribution in [0.2, 0.25) is 0 Å². The summed E-state index contributed by atoms with van der Waals surface area (Å²) >= 11 is 0. The molecule has 156 valence electrons. The first kappa shape index (κ1) is 21.2. The first-order valence-corrected chi connectivity index (χ1v) is 9.79. The van der Waals surface area contributed by atoms with Gasteiger partial charge in [-0.1, -0.05) is 30.3 Å². The highest BCUT2D eigenvalue weighted by Gasteiger charge is 2.57. The molecule has 28 heavy (non-hydrogen) atoms. The minimum Gasteiger partial charge on any atom is -0.466 e. The van der Waals surface area contributed by atoms with E-state index in [4.69, 9.17) is 23.7 Å². The number of benzene rings is 1. The van der Waals surface area contributed by atoms with Crippen molar-refractivity contribution in [2.45, 2.75) is 70.2 Å². The molecular weight excluding hydrogens is 362 g/mol. The highest BCUT2D eigenvalue weighted by Crippen LogP contribution is 2.41. The molecule has 0 bridgehead atoms. The molecule has 2 saturated heterocycles. The zero-order chi connectivity index (χ0) is 20.3. The van der Waals surface area contributed by atoms with Gasteiger partial charge in [-0.25, -0.2) is 0 Å². The summed E-state index contributed by atoms with van der Waals surface area (Å²) in [5.74, 6) is -0.991. The molecule has 0 amide bonds. The third-order valence-corrected chi connectivity index (χ3v) is 5.04. The molecular formula is C21H31NO6. The molecule has 0 aliphatic carbocycles. The van der Waals surface area contributed by atoms with E-state index in [1.165, 1.54) is 0 Å². The standard InChI is InChI=1S/C21H31NO6/c1-6-24-16(23)12-15(22(4)5)17-18(25-13-14-10-8-7-9-11-14)19-20(26-17)28-21(2,3)27-19/h7-11,15,17-20H,6,12-13H2,1-5H3/t15-,17+,18-,19+,20+/m0/s1. The second-order valence-corrected chi connectivity index (χ2v) is 7.87. The van der Waals surface area contributed by atoms with Crippen LogP contribution in [-0.2, 0) is 35.1 Å². The molecule has 2 heterocycles. The van der Waals surface area contributed by atoms with Crippen LogP contribution in [0.15, 0.2) is 30.3 Å². The lowest BCUT2D eigenvalue weighted by Gasteiger charge is -2.34. The van der Waals surface area contributed by atoms with Gasteiger partial charge in [0.25, 0.3) is 0 Å². The summed E-state index contributed by atoms with van der Waals surface area (Å²) in [6.07, 6.45) is -1.42. The topological polar surface area (TPSA) is 66.5 Å². The molecule has 0 spiro atoms. The second-order valence-electron chi connectivity index (χ2n) is 7.87. The normalized spacial score (nSPS) is 29.6. The number of nitrogens with zero attached hydrogens (tertiary/aromatic N) is 1. The van der Waals surface area contributed by atoms with Gasteiger partial charge >= 0.3 is 5.97 Å². The van der Waals surface area contributed by atoms with Crippen LogP contribution in [-0.4, -0.2) is 68.0 Å². The maximum absolute atomic E-state index is 12.1. The highest BCUT2D eigenvalue weighted by atomic mass is 16.8. The van der Waals surface area contributed by atoms with Gasteiger partial charge in [-0.3, -0.25) is 4.79 Å². The molecule has 3 rings (SSSR count). The summed E-state index contributed by atoms with van der Waals surface area (Å²) < 4.78 is 29.6. The number of ether oxygens (including phenoxy) is 5. The van der Waals surface area contributed by atoms with Gasteiger partial charge in [0.2, 0.25) is 0 Å². The molecule has 0 saturated carbocycles. The molecule has 2 fully saturated rings. The molecule has 2 aliphatic heterocycles. The summed E-state index contributed by atoms with van der Waals surface area (Å²) in [6.45, 7) is 6.30. The Morgan fingerprint density at radius 2 is 1.93 bits per heavy atom. The average molecular weight is 393 g/mol. The maximum atomic E-state index is 12.1. The van der Waals surface area contributed by atoms with Gasteiger partial charge < -0.3 is 28.6 Å². The number of hydrogen-bond acceptors (Lipinski definition) is 7. The van der Waals surface area contributed by atoms with Crippen LogP contribution in [0.5, 0.6) is 0 Å². The van der Waals surface area contributed by atoms with E-state index in [-0.39, 0.29) is 36.7 Å². The summed E-state index contributed by atoms with van der Waals surface area (Å²) in [6, 6.07) is 9.73. The summed E-state index contributed by atoms with van der Waals surface area (Å²) in [5.41, 5.74) is 1.06. The Morgan fingerprint density at radius 1 is 1.21 bits per heavy atom. The monoisotopic (exact) mass is 393 g/mol. The summed E-state index contributed by atoms with van der Waals surface area (Å²) in [7, 11) is 3.84. The fourth-order valence-electron chi connectivity index (χ4n) is 3.75. The van der Waals surface area contributed by atoms with E-state index >= 15 is 0 Å². The van der Waals surface area contributed by atoms with Crippen molar-refractivity contribution in [2.75, 3.05) is 20.7 Å². The molecule has 1 aromatic carbocycles. The van der Waals surface area contributed by atoms with Crippen molar-refractivity contribution in [3.8, 4) is 0 Å². The Hall–Kier alpha value is -1.51. The Morgan fingerprint density at radius 3 is 2.57 bits per heavy atom. The SMILES string of the molecule is CCOC(=O)C[C@@H]([C@H]1O[C@@H]2OC(C)(C)O[C@@H]2[C@H]1OCc1ccccc1)N(C)C. The Kier molecular flexibility index (Phi) is 6.73. The number of hydrogen-bond donors (Lipinski definition) is 0. The van der Waals surface area contributed by atoms with E-state index in [1.54, 1.807) is 6.92 Å². The lowest BCUT2D eigenvalue weighted by atomic mass is 9.99. The Balaban J connectivity index is 1.77. The molecule has 0 aromatic heterocycles. The van der Waals surface area contributed by atoms with Gasteiger partial charge in [0.15, 0.2) is 12.1 Å². The van der Waals surface area contributed by atoms with Crippen LogP contribution in [0.4, 0.5) is 0 Å². The van der Waals surface area contributed by atoms with Crippen molar-refractivity contribution in [1.82, 2.24) is 4.90 Å². The molecule has 2 aliphatic rings. The lowest BCUT2D eigenvalue weighted by molar-refractivity contribution is -0.226. The molecule has 1 aromatic rings. The number of esters is 1. The largest absolute Gasteiger partial charge is 0.466 e. The maximum Gasteiger partial charge on any atom is 0.307 e. The van der Waals surface area contributed by atoms with E-state index in [9.17, 15) is 4.79 Å². The van der Waals surface area contributed by atoms with Gasteiger partial charge in [-0.15, -0.1) is 0 Å². The van der Waals surface area contributed by atoms with E-state index < -0.39 is 12.1 Å². The molecule has 0 unspecified atom stereocenters. The number of carbonyl (C=O) groups excluding carboxylic acids is 1. The number of rotatable bonds is 8. The van der Waals surface area contributed by atoms with Gasteiger partial charge in [0.1, 0.15) is 18.3 Å². The van der Waals surface area contributed by atoms with Crippen LogP contribution in [0.1, 0.15) is 32.8 Å². The quantitative estimate of drug-likeness (QED) is 0.628. The third kappa shape index (κ3) is 4.90. The van der Waals surface area contributed by atoms with Crippen LogP contribution in [0, 0.1) is 0 Å².